The largest absolute Gasteiger partial charge is 0.489 e. The quantitative estimate of drug-likeness (QED) is 0.200. The molecule has 0 atom stereocenters. The van der Waals surface area contributed by atoms with Gasteiger partial charge in [-0.15, -0.1) is 24.0 Å². The van der Waals surface area contributed by atoms with E-state index in [2.05, 4.69) is 25.8 Å². The average Bonchev–Trinajstić information content (AvgIpc) is 3.18. The minimum atomic E-state index is -0.751. The van der Waals surface area contributed by atoms with Crippen LogP contribution >= 0.6 is 35.6 Å². The zero-order valence-electron chi connectivity index (χ0n) is 15.9. The number of nitrogens with one attached hydrogen (secondary N) is 2. The van der Waals surface area contributed by atoms with Crippen LogP contribution < -0.4 is 15.4 Å². The van der Waals surface area contributed by atoms with Crippen molar-refractivity contribution >= 4 is 41.5 Å². The smallest absolute Gasteiger partial charge is 0.246 e. The van der Waals surface area contributed by atoms with Gasteiger partial charge in [-0.3, -0.25) is 4.99 Å². The van der Waals surface area contributed by atoms with E-state index in [1.54, 1.807) is 25.2 Å². The summed E-state index contributed by atoms with van der Waals surface area (Å²) in [5, 5.41) is 10.5. The van der Waals surface area contributed by atoms with Crippen molar-refractivity contribution in [1.29, 1.82) is 0 Å². The second kappa shape index (κ2) is 11.6. The van der Waals surface area contributed by atoms with E-state index in [9.17, 15) is 8.78 Å². The molecule has 0 saturated carbocycles. The van der Waals surface area contributed by atoms with Gasteiger partial charge in [0.05, 0.1) is 13.1 Å². The standard InChI is InChI=1S/C19H18ClF2N5O2.HI/c1-23-19(24-7-8-28-16-6-5-14(21)10-15(16)22)25-11-17-26-18(27-29-17)12-3-2-4-13(20)9-12;/h2-6,9-10H,7-8,11H2,1H3,(H2,23,24,25);1H. The molecule has 2 N–H and O–H groups in total. The van der Waals surface area contributed by atoms with Crippen LogP contribution in [0.5, 0.6) is 5.75 Å². The van der Waals surface area contributed by atoms with E-state index in [4.69, 9.17) is 20.9 Å². The highest BCUT2D eigenvalue weighted by Crippen LogP contribution is 2.20. The Balaban J connectivity index is 0.00000320. The van der Waals surface area contributed by atoms with Gasteiger partial charge in [-0.1, -0.05) is 28.9 Å². The lowest BCUT2D eigenvalue weighted by Gasteiger charge is -2.11. The van der Waals surface area contributed by atoms with Crippen molar-refractivity contribution in [1.82, 2.24) is 20.8 Å². The molecule has 3 aromatic rings. The normalized spacial score (nSPS) is 11.0. The van der Waals surface area contributed by atoms with E-state index in [0.29, 0.717) is 29.2 Å². The minimum Gasteiger partial charge on any atom is -0.489 e. The lowest BCUT2D eigenvalue weighted by molar-refractivity contribution is 0.304. The van der Waals surface area contributed by atoms with Gasteiger partial charge in [-0.25, -0.2) is 8.78 Å². The van der Waals surface area contributed by atoms with Crippen molar-refractivity contribution in [2.24, 2.45) is 4.99 Å². The van der Waals surface area contributed by atoms with E-state index >= 15 is 0 Å². The van der Waals surface area contributed by atoms with Crippen LogP contribution in [0.3, 0.4) is 0 Å². The van der Waals surface area contributed by atoms with Gasteiger partial charge in [-0.05, 0) is 24.3 Å². The van der Waals surface area contributed by atoms with Crippen LogP contribution in [0, 0.1) is 11.6 Å². The zero-order chi connectivity index (χ0) is 20.6. The maximum absolute atomic E-state index is 13.5. The van der Waals surface area contributed by atoms with E-state index in [-0.39, 0.29) is 42.9 Å². The maximum Gasteiger partial charge on any atom is 0.246 e. The first-order chi connectivity index (χ1) is 14.0. The Labute approximate surface area is 193 Å². The molecule has 0 saturated heterocycles. The highest BCUT2D eigenvalue weighted by Gasteiger charge is 2.10. The van der Waals surface area contributed by atoms with Crippen LogP contribution in [0.4, 0.5) is 8.78 Å². The molecule has 7 nitrogen and oxygen atoms in total. The molecule has 0 radical (unpaired) electrons. The summed E-state index contributed by atoms with van der Waals surface area (Å²) >= 11 is 5.97. The molecule has 30 heavy (non-hydrogen) atoms. The number of aliphatic imine (C=N–C) groups is 1. The summed E-state index contributed by atoms with van der Waals surface area (Å²) in [4.78, 5) is 8.36. The molecule has 11 heteroatoms. The second-order valence-electron chi connectivity index (χ2n) is 5.80. The lowest BCUT2D eigenvalue weighted by atomic mass is 10.2. The molecule has 160 valence electrons. The predicted octanol–water partition coefficient (Wildman–Crippen LogP) is 4.03. The number of rotatable bonds is 7. The Bertz CT molecular complexity index is 1000. The van der Waals surface area contributed by atoms with Crippen molar-refractivity contribution in [2.45, 2.75) is 6.54 Å². The van der Waals surface area contributed by atoms with Gasteiger partial charge in [0.2, 0.25) is 11.7 Å². The lowest BCUT2D eigenvalue weighted by Crippen LogP contribution is -2.39. The highest BCUT2D eigenvalue weighted by atomic mass is 127. The SMILES string of the molecule is CN=C(NCCOc1ccc(F)cc1F)NCc1nc(-c2cccc(Cl)c2)no1.I. The Morgan fingerprint density at radius 2 is 2.03 bits per heavy atom. The summed E-state index contributed by atoms with van der Waals surface area (Å²) < 4.78 is 36.9. The molecule has 0 bridgehead atoms. The topological polar surface area (TPSA) is 84.6 Å². The van der Waals surface area contributed by atoms with Gasteiger partial charge in [0.15, 0.2) is 17.5 Å². The molecule has 0 unspecified atom stereocenters. The van der Waals surface area contributed by atoms with E-state index in [1.807, 2.05) is 6.07 Å². The fraction of sp³-hybridized carbons (Fsp3) is 0.211. The Kier molecular flexibility index (Phi) is 9.24. The van der Waals surface area contributed by atoms with Crippen LogP contribution in [-0.2, 0) is 6.54 Å². The van der Waals surface area contributed by atoms with Gasteiger partial charge in [0.25, 0.3) is 0 Å². The van der Waals surface area contributed by atoms with Crippen LogP contribution in [0.1, 0.15) is 5.89 Å². The first-order valence-corrected chi connectivity index (χ1v) is 9.04. The van der Waals surface area contributed by atoms with Crippen LogP contribution in [0.15, 0.2) is 52.0 Å². The third kappa shape index (κ3) is 6.80. The van der Waals surface area contributed by atoms with Crippen LogP contribution in [-0.4, -0.2) is 36.3 Å². The summed E-state index contributed by atoms with van der Waals surface area (Å²) in [7, 11) is 1.60. The number of ether oxygens (including phenoxy) is 1. The first kappa shape index (κ1) is 23.8. The second-order valence-corrected chi connectivity index (χ2v) is 6.23. The first-order valence-electron chi connectivity index (χ1n) is 8.66. The summed E-state index contributed by atoms with van der Waals surface area (Å²) in [6.45, 7) is 0.748. The van der Waals surface area contributed by atoms with Crippen molar-refractivity contribution < 1.29 is 18.0 Å². The fourth-order valence-corrected chi connectivity index (χ4v) is 2.56. The third-order valence-corrected chi connectivity index (χ3v) is 3.96. The number of aromatic nitrogens is 2. The number of halogens is 4. The van der Waals surface area contributed by atoms with Crippen molar-refractivity contribution in [3.8, 4) is 17.1 Å². The zero-order valence-corrected chi connectivity index (χ0v) is 18.9. The van der Waals surface area contributed by atoms with Crippen LogP contribution in [0.2, 0.25) is 5.02 Å². The fourth-order valence-electron chi connectivity index (χ4n) is 2.37. The van der Waals surface area contributed by atoms with E-state index in [0.717, 1.165) is 17.7 Å². The molecule has 0 aliphatic carbocycles. The number of guanidine groups is 1. The molecule has 1 aromatic heterocycles. The van der Waals surface area contributed by atoms with E-state index in [1.165, 1.54) is 6.07 Å². The summed E-state index contributed by atoms with van der Waals surface area (Å²) in [5.74, 6) is -0.155. The summed E-state index contributed by atoms with van der Waals surface area (Å²) in [6.07, 6.45) is 0. The number of hydrogen-bond acceptors (Lipinski definition) is 5. The highest BCUT2D eigenvalue weighted by molar-refractivity contribution is 14.0. The number of benzene rings is 2. The number of nitrogens with zero attached hydrogens (tertiary/aromatic N) is 3. The van der Waals surface area contributed by atoms with Gasteiger partial charge in [0, 0.05) is 23.7 Å². The van der Waals surface area contributed by atoms with Crippen molar-refractivity contribution in [2.75, 3.05) is 20.2 Å². The molecular formula is C19H19ClF2IN5O2. The van der Waals surface area contributed by atoms with E-state index < -0.39 is 11.6 Å². The monoisotopic (exact) mass is 549 g/mol. The third-order valence-electron chi connectivity index (χ3n) is 3.73. The summed E-state index contributed by atoms with van der Waals surface area (Å²) in [6, 6.07) is 10.3. The predicted molar refractivity (Wildman–Crippen MR) is 120 cm³/mol. The molecular weight excluding hydrogens is 531 g/mol. The van der Waals surface area contributed by atoms with Gasteiger partial charge < -0.3 is 19.9 Å². The summed E-state index contributed by atoms with van der Waals surface area (Å²) in [5.41, 5.74) is 0.750. The Hall–Kier alpha value is -2.47. The van der Waals surface area contributed by atoms with Gasteiger partial charge in [-0.2, -0.15) is 4.98 Å². The van der Waals surface area contributed by atoms with Crippen LogP contribution in [0.25, 0.3) is 11.4 Å². The Morgan fingerprint density at radius 1 is 1.20 bits per heavy atom. The molecule has 0 aliphatic rings. The minimum absolute atomic E-state index is 0. The average molecular weight is 550 g/mol. The molecule has 2 aromatic carbocycles. The molecule has 0 spiro atoms. The molecule has 0 amide bonds. The van der Waals surface area contributed by atoms with Gasteiger partial charge >= 0.3 is 0 Å². The maximum atomic E-state index is 13.5. The van der Waals surface area contributed by atoms with Crippen molar-refractivity contribution in [3.05, 3.63) is 65.0 Å². The molecule has 3 rings (SSSR count). The molecule has 0 aliphatic heterocycles. The number of hydrogen-bond donors (Lipinski definition) is 2. The molecule has 1 heterocycles. The Morgan fingerprint density at radius 3 is 2.77 bits per heavy atom. The molecule has 0 fully saturated rings. The van der Waals surface area contributed by atoms with Crippen molar-refractivity contribution in [3.63, 3.8) is 0 Å². The van der Waals surface area contributed by atoms with Gasteiger partial charge in [0.1, 0.15) is 12.4 Å².